The van der Waals surface area contributed by atoms with E-state index in [1.54, 1.807) is 0 Å². The van der Waals surface area contributed by atoms with E-state index in [0.717, 1.165) is 5.92 Å². The van der Waals surface area contributed by atoms with Gasteiger partial charge in [0.15, 0.2) is 0 Å². The molecular formula is C18H38. The van der Waals surface area contributed by atoms with E-state index in [1.165, 1.54) is 70.6 Å². The van der Waals surface area contributed by atoms with Gasteiger partial charge in [0.05, 0.1) is 0 Å². The molecule has 0 rings (SSSR count). The first kappa shape index (κ1) is 18.0. The van der Waals surface area contributed by atoms with E-state index in [4.69, 9.17) is 0 Å². The Balaban J connectivity index is 3.76. The quantitative estimate of drug-likeness (QED) is 0.349. The lowest BCUT2D eigenvalue weighted by molar-refractivity contribution is 0.316. The summed E-state index contributed by atoms with van der Waals surface area (Å²) < 4.78 is 0. The van der Waals surface area contributed by atoms with Gasteiger partial charge in [-0.2, -0.15) is 0 Å². The Hall–Kier alpha value is 0. The Morgan fingerprint density at radius 2 is 1.22 bits per heavy atom. The van der Waals surface area contributed by atoms with Gasteiger partial charge in [-0.1, -0.05) is 98.8 Å². The van der Waals surface area contributed by atoms with Crippen molar-refractivity contribution in [2.24, 2.45) is 11.3 Å². The molecule has 0 N–H and O–H groups in total. The van der Waals surface area contributed by atoms with E-state index >= 15 is 0 Å². The molecule has 0 aliphatic rings. The average Bonchev–Trinajstić information content (AvgIpc) is 2.29. The molecule has 110 valence electrons. The minimum absolute atomic E-state index is 0.525. The zero-order valence-electron chi connectivity index (χ0n) is 13.9. The van der Waals surface area contributed by atoms with Gasteiger partial charge in [0.1, 0.15) is 0 Å². The maximum Gasteiger partial charge on any atom is -0.0383 e. The van der Waals surface area contributed by atoms with Crippen molar-refractivity contribution in [1.29, 1.82) is 0 Å². The normalized spacial score (nSPS) is 13.8. The summed E-state index contributed by atoms with van der Waals surface area (Å²) in [6.45, 7) is 11.7. The second kappa shape index (κ2) is 10.9. The number of unbranched alkanes of at least 4 members (excludes halogenated alkanes) is 4. The molecule has 18 heavy (non-hydrogen) atoms. The van der Waals surface area contributed by atoms with Crippen molar-refractivity contribution in [3.63, 3.8) is 0 Å². The maximum atomic E-state index is 2.37. The summed E-state index contributed by atoms with van der Waals surface area (Å²) >= 11 is 0. The Morgan fingerprint density at radius 1 is 0.667 bits per heavy atom. The fourth-order valence-electron chi connectivity index (χ4n) is 2.71. The lowest BCUT2D eigenvalue weighted by Crippen LogP contribution is -2.07. The highest BCUT2D eigenvalue weighted by molar-refractivity contribution is 4.65. The Labute approximate surface area is 117 Å². The van der Waals surface area contributed by atoms with Crippen LogP contribution in [0.4, 0.5) is 0 Å². The smallest absolute Gasteiger partial charge is 0.0383 e. The van der Waals surface area contributed by atoms with Crippen molar-refractivity contribution in [2.75, 3.05) is 0 Å². The molecule has 0 saturated carbocycles. The molecule has 0 heteroatoms. The largest absolute Gasteiger partial charge is 0.0654 e. The van der Waals surface area contributed by atoms with Crippen LogP contribution in [0.15, 0.2) is 0 Å². The van der Waals surface area contributed by atoms with E-state index in [-0.39, 0.29) is 0 Å². The lowest BCUT2D eigenvalue weighted by atomic mass is 9.85. The topological polar surface area (TPSA) is 0 Å². The van der Waals surface area contributed by atoms with Gasteiger partial charge in [0.25, 0.3) is 0 Å². The highest BCUT2D eigenvalue weighted by atomic mass is 14.2. The zero-order chi connectivity index (χ0) is 13.9. The van der Waals surface area contributed by atoms with Crippen LogP contribution in [0, 0.1) is 11.3 Å². The number of rotatable bonds is 11. The Bertz CT molecular complexity index is 163. The van der Waals surface area contributed by atoms with Crippen molar-refractivity contribution < 1.29 is 0 Å². The highest BCUT2D eigenvalue weighted by Gasteiger charge is 2.13. The Kier molecular flexibility index (Phi) is 10.9. The SMILES string of the molecule is CCCCCCC(CCCC)CCCC(C)(C)C. The van der Waals surface area contributed by atoms with Crippen molar-refractivity contribution >= 4 is 0 Å². The molecule has 0 radical (unpaired) electrons. The molecule has 0 aromatic carbocycles. The van der Waals surface area contributed by atoms with Crippen LogP contribution < -0.4 is 0 Å². The first-order valence-electron chi connectivity index (χ1n) is 8.49. The summed E-state index contributed by atoms with van der Waals surface area (Å²) in [5.41, 5.74) is 0.525. The van der Waals surface area contributed by atoms with Crippen molar-refractivity contribution in [2.45, 2.75) is 105 Å². The molecule has 0 aromatic rings. The zero-order valence-corrected chi connectivity index (χ0v) is 13.9. The molecule has 0 aliphatic carbocycles. The third kappa shape index (κ3) is 12.5. The molecule has 0 spiro atoms. The molecule has 0 heterocycles. The third-order valence-corrected chi connectivity index (χ3v) is 3.97. The monoisotopic (exact) mass is 254 g/mol. The summed E-state index contributed by atoms with van der Waals surface area (Å²) in [6.07, 6.45) is 15.8. The molecule has 0 bridgehead atoms. The first-order valence-corrected chi connectivity index (χ1v) is 8.49. The van der Waals surface area contributed by atoms with Gasteiger partial charge in [0, 0.05) is 0 Å². The van der Waals surface area contributed by atoms with Crippen LogP contribution in [0.2, 0.25) is 0 Å². The van der Waals surface area contributed by atoms with Gasteiger partial charge in [-0.15, -0.1) is 0 Å². The molecule has 0 saturated heterocycles. The van der Waals surface area contributed by atoms with E-state index < -0.39 is 0 Å². The average molecular weight is 255 g/mol. The summed E-state index contributed by atoms with van der Waals surface area (Å²) in [5, 5.41) is 0. The molecule has 0 aromatic heterocycles. The maximum absolute atomic E-state index is 2.37. The fraction of sp³-hybridized carbons (Fsp3) is 1.00. The Morgan fingerprint density at radius 3 is 1.78 bits per heavy atom. The summed E-state index contributed by atoms with van der Waals surface area (Å²) in [6, 6.07) is 0. The lowest BCUT2D eigenvalue weighted by Gasteiger charge is -2.21. The minimum atomic E-state index is 0.525. The predicted octanol–water partition coefficient (Wildman–Crippen LogP) is 6.98. The molecule has 1 atom stereocenters. The van der Waals surface area contributed by atoms with E-state index in [2.05, 4.69) is 34.6 Å². The van der Waals surface area contributed by atoms with Gasteiger partial charge < -0.3 is 0 Å². The molecular weight excluding hydrogens is 216 g/mol. The standard InChI is InChI=1S/C18H38/c1-6-8-10-11-14-17(13-9-7-2)15-12-16-18(3,4)5/h17H,6-16H2,1-5H3. The second-order valence-electron chi connectivity index (χ2n) is 7.31. The van der Waals surface area contributed by atoms with Crippen LogP contribution in [-0.2, 0) is 0 Å². The van der Waals surface area contributed by atoms with Crippen molar-refractivity contribution in [1.82, 2.24) is 0 Å². The van der Waals surface area contributed by atoms with Crippen LogP contribution >= 0.6 is 0 Å². The van der Waals surface area contributed by atoms with Crippen LogP contribution in [0.3, 0.4) is 0 Å². The van der Waals surface area contributed by atoms with Crippen LogP contribution in [0.1, 0.15) is 105 Å². The van der Waals surface area contributed by atoms with Gasteiger partial charge in [0.2, 0.25) is 0 Å². The van der Waals surface area contributed by atoms with Gasteiger partial charge in [-0.25, -0.2) is 0 Å². The fourth-order valence-corrected chi connectivity index (χ4v) is 2.71. The molecule has 0 fully saturated rings. The highest BCUT2D eigenvalue weighted by Crippen LogP contribution is 2.27. The predicted molar refractivity (Wildman–Crippen MR) is 85.1 cm³/mol. The molecule has 0 amide bonds. The van der Waals surface area contributed by atoms with Crippen LogP contribution in [0.5, 0.6) is 0 Å². The van der Waals surface area contributed by atoms with Gasteiger partial charge in [-0.3, -0.25) is 0 Å². The summed E-state index contributed by atoms with van der Waals surface area (Å²) in [5.74, 6) is 1.02. The molecule has 0 nitrogen and oxygen atoms in total. The molecule has 1 unspecified atom stereocenters. The first-order chi connectivity index (χ1) is 8.49. The van der Waals surface area contributed by atoms with Crippen molar-refractivity contribution in [3.8, 4) is 0 Å². The third-order valence-electron chi connectivity index (χ3n) is 3.97. The van der Waals surface area contributed by atoms with Crippen molar-refractivity contribution in [3.05, 3.63) is 0 Å². The second-order valence-corrected chi connectivity index (χ2v) is 7.31. The van der Waals surface area contributed by atoms with Crippen LogP contribution in [-0.4, -0.2) is 0 Å². The van der Waals surface area contributed by atoms with E-state index in [0.29, 0.717) is 5.41 Å². The van der Waals surface area contributed by atoms with E-state index in [1.807, 2.05) is 0 Å². The van der Waals surface area contributed by atoms with Gasteiger partial charge in [-0.05, 0) is 17.8 Å². The minimum Gasteiger partial charge on any atom is -0.0654 e. The molecule has 0 aliphatic heterocycles. The van der Waals surface area contributed by atoms with E-state index in [9.17, 15) is 0 Å². The van der Waals surface area contributed by atoms with Crippen LogP contribution in [0.25, 0.3) is 0 Å². The summed E-state index contributed by atoms with van der Waals surface area (Å²) in [7, 11) is 0. The number of hydrogen-bond donors (Lipinski definition) is 0. The summed E-state index contributed by atoms with van der Waals surface area (Å²) in [4.78, 5) is 0. The number of hydrogen-bond acceptors (Lipinski definition) is 0. The van der Waals surface area contributed by atoms with Gasteiger partial charge >= 0.3 is 0 Å².